The Morgan fingerprint density at radius 1 is 1.17 bits per heavy atom. The lowest BCUT2D eigenvalue weighted by atomic mass is 9.99. The van der Waals surface area contributed by atoms with Crippen LogP contribution in [0.1, 0.15) is 66.9 Å². The number of aliphatic hydroxyl groups is 1. The van der Waals surface area contributed by atoms with Gasteiger partial charge in [-0.25, -0.2) is 4.79 Å². The Bertz CT molecular complexity index is 1250. The lowest BCUT2D eigenvalue weighted by molar-refractivity contribution is -0.128. The van der Waals surface area contributed by atoms with Gasteiger partial charge in [-0.3, -0.25) is 9.59 Å². The molecule has 4 N–H and O–H groups in total. The van der Waals surface area contributed by atoms with E-state index in [-0.39, 0.29) is 34.5 Å². The number of benzene rings is 1. The third-order valence-corrected chi connectivity index (χ3v) is 13.2. The number of thioether (sulfide) groups is 1. The average Bonchev–Trinajstić information content (AvgIpc) is 3.33. The Balaban J connectivity index is 2.41. The second kappa shape index (κ2) is 14.2. The molecule has 1 heterocycles. The van der Waals surface area contributed by atoms with Crippen molar-refractivity contribution in [1.82, 2.24) is 20.8 Å². The first kappa shape index (κ1) is 34.1. The summed E-state index contributed by atoms with van der Waals surface area (Å²) in [5, 5.41) is 27.8. The summed E-state index contributed by atoms with van der Waals surface area (Å²) in [5.41, 5.74) is 1.12. The Kier molecular flexibility index (Phi) is 11.8. The zero-order valence-corrected chi connectivity index (χ0v) is 27.0. The number of carbonyl (C=O) groups is 3. The minimum atomic E-state index is -2.43. The van der Waals surface area contributed by atoms with Gasteiger partial charge in [0.2, 0.25) is 17.7 Å². The van der Waals surface area contributed by atoms with Gasteiger partial charge in [-0.1, -0.05) is 32.9 Å². The Labute approximate surface area is 246 Å². The number of carbonyl (C=O) groups excluding carboxylic acids is 2. The normalized spacial score (nSPS) is 12.7. The molecule has 0 aliphatic heterocycles. The molecule has 0 aliphatic carbocycles. The number of ether oxygens (including phenoxy) is 1. The summed E-state index contributed by atoms with van der Waals surface area (Å²) < 4.78 is 17.5. The Hall–Kier alpha value is -3.10. The summed E-state index contributed by atoms with van der Waals surface area (Å²) in [6.07, 6.45) is 0. The fourth-order valence-corrected chi connectivity index (χ4v) is 7.47. The predicted octanol–water partition coefficient (Wildman–Crippen LogP) is 3.61. The molecule has 14 heteroatoms. The topological polar surface area (TPSA) is 173 Å². The number of hydrogen-bond acceptors (Lipinski definition) is 10. The predicted molar refractivity (Wildman–Crippen MR) is 158 cm³/mol. The number of carboxylic acid groups (broad SMARTS) is 1. The number of nitrogens with zero attached hydrogens (tertiary/aromatic N) is 2. The maximum absolute atomic E-state index is 12.5. The van der Waals surface area contributed by atoms with Crippen molar-refractivity contribution in [3.63, 3.8) is 0 Å². The zero-order valence-electron chi connectivity index (χ0n) is 25.2. The molecule has 41 heavy (non-hydrogen) atoms. The second-order valence-electron chi connectivity index (χ2n) is 11.1. The number of hydrogen-bond donors (Lipinski definition) is 4. The molecule has 0 unspecified atom stereocenters. The summed E-state index contributed by atoms with van der Waals surface area (Å²) in [5.74, 6) is -0.0316. The molecular formula is C27H42N4O8SSi. The third kappa shape index (κ3) is 8.46. The molecule has 1 aromatic heterocycles. The number of carboxylic acids is 1. The van der Waals surface area contributed by atoms with Crippen molar-refractivity contribution in [2.45, 2.75) is 71.5 Å². The number of aromatic nitrogens is 2. The monoisotopic (exact) mass is 610 g/mol. The number of amides is 2. The number of aromatic carboxylic acids is 1. The van der Waals surface area contributed by atoms with Gasteiger partial charge < -0.3 is 34.5 Å². The highest BCUT2D eigenvalue weighted by atomic mass is 32.2. The van der Waals surface area contributed by atoms with E-state index < -0.39 is 38.7 Å². The summed E-state index contributed by atoms with van der Waals surface area (Å²) in [7, 11) is -0.936. The molecule has 0 saturated heterocycles. The SMILES string of the molecule is COc1cc(O[Si](C)(C)C(C)(C)C(C)C)c(CSC[C@H](NC(=O)CNC(=O)CO)c2nc(C)no2)c(C(=O)O)c1C. The van der Waals surface area contributed by atoms with Crippen LogP contribution in [0, 0.1) is 19.8 Å². The van der Waals surface area contributed by atoms with Crippen molar-refractivity contribution in [1.29, 1.82) is 0 Å². The van der Waals surface area contributed by atoms with Gasteiger partial charge in [0.25, 0.3) is 8.32 Å². The lowest BCUT2D eigenvalue weighted by Crippen LogP contribution is -2.48. The van der Waals surface area contributed by atoms with Gasteiger partial charge in [-0.2, -0.15) is 16.7 Å². The fraction of sp³-hybridized carbons (Fsp3) is 0.593. The van der Waals surface area contributed by atoms with Gasteiger partial charge in [0.15, 0.2) is 5.82 Å². The van der Waals surface area contributed by atoms with Crippen LogP contribution in [0.15, 0.2) is 10.6 Å². The van der Waals surface area contributed by atoms with Crippen LogP contribution >= 0.6 is 11.8 Å². The number of methoxy groups -OCH3 is 1. The van der Waals surface area contributed by atoms with Crippen molar-refractivity contribution < 1.29 is 38.3 Å². The highest BCUT2D eigenvalue weighted by Crippen LogP contribution is 2.47. The van der Waals surface area contributed by atoms with Gasteiger partial charge in [0, 0.05) is 28.7 Å². The molecule has 1 aromatic carbocycles. The Morgan fingerprint density at radius 2 is 1.83 bits per heavy atom. The molecule has 0 bridgehead atoms. The van der Waals surface area contributed by atoms with Crippen LogP contribution in [0.3, 0.4) is 0 Å². The number of aliphatic hydroxyl groups excluding tert-OH is 1. The second-order valence-corrected chi connectivity index (χ2v) is 16.6. The van der Waals surface area contributed by atoms with Crippen LogP contribution in [0.2, 0.25) is 18.1 Å². The molecule has 2 aromatic rings. The number of aryl methyl sites for hydroxylation is 1. The first-order chi connectivity index (χ1) is 19.0. The van der Waals surface area contributed by atoms with E-state index in [1.54, 1.807) is 19.9 Å². The fourth-order valence-electron chi connectivity index (χ4n) is 4.01. The van der Waals surface area contributed by atoms with Crippen molar-refractivity contribution in [3.05, 3.63) is 34.5 Å². The number of nitrogens with one attached hydrogen (secondary N) is 2. The molecule has 2 amide bonds. The van der Waals surface area contributed by atoms with Gasteiger partial charge in [-0.15, -0.1) is 0 Å². The Morgan fingerprint density at radius 3 is 2.34 bits per heavy atom. The average molecular weight is 611 g/mol. The van der Waals surface area contributed by atoms with Crippen LogP contribution < -0.4 is 19.8 Å². The maximum atomic E-state index is 12.5. The highest BCUT2D eigenvalue weighted by Gasteiger charge is 2.45. The van der Waals surface area contributed by atoms with E-state index in [1.165, 1.54) is 18.9 Å². The molecule has 1 atom stereocenters. The molecule has 0 aliphatic rings. The van der Waals surface area contributed by atoms with Crippen molar-refractivity contribution in [3.8, 4) is 11.5 Å². The summed E-state index contributed by atoms with van der Waals surface area (Å²) in [4.78, 5) is 40.6. The van der Waals surface area contributed by atoms with Gasteiger partial charge in [0.1, 0.15) is 24.1 Å². The summed E-state index contributed by atoms with van der Waals surface area (Å²) >= 11 is 1.36. The molecule has 0 spiro atoms. The van der Waals surface area contributed by atoms with Crippen LogP contribution in [-0.2, 0) is 15.3 Å². The molecule has 0 radical (unpaired) electrons. The maximum Gasteiger partial charge on any atom is 0.336 e. The van der Waals surface area contributed by atoms with Crippen molar-refractivity contribution in [2.24, 2.45) is 5.92 Å². The zero-order chi connectivity index (χ0) is 31.1. The van der Waals surface area contributed by atoms with Gasteiger partial charge in [0.05, 0.1) is 19.2 Å². The van der Waals surface area contributed by atoms with E-state index in [2.05, 4.69) is 61.6 Å². The smallest absolute Gasteiger partial charge is 0.336 e. The minimum Gasteiger partial charge on any atom is -0.543 e. The minimum absolute atomic E-state index is 0.111. The summed E-state index contributed by atoms with van der Waals surface area (Å²) in [6.45, 7) is 15.1. The van der Waals surface area contributed by atoms with E-state index in [0.29, 0.717) is 34.4 Å². The van der Waals surface area contributed by atoms with Crippen LogP contribution in [0.5, 0.6) is 11.5 Å². The molecule has 0 fully saturated rings. The first-order valence-electron chi connectivity index (χ1n) is 13.2. The van der Waals surface area contributed by atoms with Gasteiger partial charge >= 0.3 is 5.97 Å². The van der Waals surface area contributed by atoms with Crippen molar-refractivity contribution in [2.75, 3.05) is 26.0 Å². The van der Waals surface area contributed by atoms with Crippen LogP contribution in [0.4, 0.5) is 0 Å². The largest absolute Gasteiger partial charge is 0.543 e. The molecule has 0 saturated carbocycles. The molecular weight excluding hydrogens is 568 g/mol. The van der Waals surface area contributed by atoms with E-state index in [4.69, 9.17) is 18.8 Å². The number of rotatable bonds is 15. The van der Waals surface area contributed by atoms with Crippen molar-refractivity contribution >= 4 is 37.9 Å². The molecule has 2 rings (SSSR count). The van der Waals surface area contributed by atoms with E-state index in [9.17, 15) is 19.5 Å². The first-order valence-corrected chi connectivity index (χ1v) is 17.3. The van der Waals surface area contributed by atoms with Gasteiger partial charge in [-0.05, 0) is 37.9 Å². The van der Waals surface area contributed by atoms with Crippen LogP contribution in [0.25, 0.3) is 0 Å². The molecule has 228 valence electrons. The molecule has 12 nitrogen and oxygen atoms in total. The van der Waals surface area contributed by atoms with E-state index in [0.717, 1.165) is 0 Å². The standard InChI is InChI=1S/C27H42N4O8SSi/c1-15(2)27(5,6)41(8,9)39-21-10-20(37-7)16(3)24(26(35)36)18(21)13-40-14-19(25-29-17(4)31-38-25)30-22(33)11-28-23(34)12-32/h10,15,19,32H,11-14H2,1-9H3,(H,28,34)(H,30,33)(H,35,36)/t19-/m0/s1. The quantitative estimate of drug-likeness (QED) is 0.217. The third-order valence-electron chi connectivity index (χ3n) is 7.70. The van der Waals surface area contributed by atoms with E-state index >= 15 is 0 Å². The lowest BCUT2D eigenvalue weighted by Gasteiger charge is -2.43. The van der Waals surface area contributed by atoms with Crippen LogP contribution in [-0.4, -0.2) is 72.5 Å². The summed E-state index contributed by atoms with van der Waals surface area (Å²) in [6, 6.07) is 1.04. The highest BCUT2D eigenvalue weighted by molar-refractivity contribution is 7.98. The van der Waals surface area contributed by atoms with E-state index in [1.807, 2.05) is 0 Å².